The molecule has 0 aliphatic rings. The molecule has 168 valence electrons. The lowest BCUT2D eigenvalue weighted by Gasteiger charge is -2.16. The predicted octanol–water partition coefficient (Wildman–Crippen LogP) is 3.80. The van der Waals surface area contributed by atoms with Gasteiger partial charge in [-0.1, -0.05) is 29.8 Å². The predicted molar refractivity (Wildman–Crippen MR) is 133 cm³/mol. The maximum absolute atomic E-state index is 12.4. The van der Waals surface area contributed by atoms with Crippen molar-refractivity contribution >= 4 is 40.0 Å². The number of aromatic nitrogens is 4. The standard InChI is InChI=1S/C24H24ClN7O/c1-30(2)14-4-5-20(33)31(3)18-10-12-19(13-11-18)32-24-21(23(26)27-15-28-24)22(29-32)16-6-8-17(25)9-7-16/h4-13,15H,14H2,1-3H3,(H2,26,27,28)/b5-4+. The first-order valence-electron chi connectivity index (χ1n) is 10.3. The Morgan fingerprint density at radius 3 is 2.42 bits per heavy atom. The molecular formula is C24H24ClN7O. The van der Waals surface area contributed by atoms with Crippen molar-refractivity contribution in [2.75, 3.05) is 38.3 Å². The molecule has 4 aromatic rings. The Bertz CT molecular complexity index is 1310. The Balaban J connectivity index is 1.69. The van der Waals surface area contributed by atoms with Gasteiger partial charge in [-0.25, -0.2) is 14.6 Å². The molecule has 0 atom stereocenters. The van der Waals surface area contributed by atoms with Crippen molar-refractivity contribution in [2.24, 2.45) is 0 Å². The number of anilines is 2. The van der Waals surface area contributed by atoms with Crippen LogP contribution in [0.5, 0.6) is 0 Å². The van der Waals surface area contributed by atoms with Crippen LogP contribution in [0.3, 0.4) is 0 Å². The molecule has 0 spiro atoms. The van der Waals surface area contributed by atoms with E-state index in [1.165, 1.54) is 6.33 Å². The van der Waals surface area contributed by atoms with Crippen molar-refractivity contribution in [3.63, 3.8) is 0 Å². The van der Waals surface area contributed by atoms with Crippen molar-refractivity contribution in [1.29, 1.82) is 0 Å². The highest BCUT2D eigenvalue weighted by molar-refractivity contribution is 6.30. The van der Waals surface area contributed by atoms with Gasteiger partial charge in [0.1, 0.15) is 17.8 Å². The van der Waals surface area contributed by atoms with Crippen LogP contribution in [0.1, 0.15) is 0 Å². The van der Waals surface area contributed by atoms with E-state index >= 15 is 0 Å². The van der Waals surface area contributed by atoms with Crippen molar-refractivity contribution < 1.29 is 4.79 Å². The molecule has 0 aliphatic heterocycles. The molecule has 0 saturated heterocycles. The van der Waals surface area contributed by atoms with E-state index in [-0.39, 0.29) is 5.91 Å². The molecular weight excluding hydrogens is 438 g/mol. The molecule has 2 aromatic heterocycles. The number of hydrogen-bond acceptors (Lipinski definition) is 6. The zero-order valence-electron chi connectivity index (χ0n) is 18.6. The number of fused-ring (bicyclic) bond motifs is 1. The summed E-state index contributed by atoms with van der Waals surface area (Å²) in [7, 11) is 5.65. The number of carbonyl (C=O) groups excluding carboxylic acids is 1. The molecule has 2 aromatic carbocycles. The number of hydrogen-bond donors (Lipinski definition) is 1. The minimum absolute atomic E-state index is 0.0975. The molecule has 0 radical (unpaired) electrons. The molecule has 0 aliphatic carbocycles. The average Bonchev–Trinajstić information content (AvgIpc) is 3.20. The van der Waals surface area contributed by atoms with Crippen LogP contribution in [0.4, 0.5) is 11.5 Å². The second-order valence-electron chi connectivity index (χ2n) is 7.80. The monoisotopic (exact) mass is 461 g/mol. The smallest absolute Gasteiger partial charge is 0.250 e. The minimum atomic E-state index is -0.0975. The first-order chi connectivity index (χ1) is 15.8. The maximum atomic E-state index is 12.4. The zero-order valence-corrected chi connectivity index (χ0v) is 19.4. The molecule has 8 nitrogen and oxygen atoms in total. The van der Waals surface area contributed by atoms with Gasteiger partial charge in [-0.2, -0.15) is 5.10 Å². The second-order valence-corrected chi connectivity index (χ2v) is 8.24. The zero-order chi connectivity index (χ0) is 23.5. The highest BCUT2D eigenvalue weighted by atomic mass is 35.5. The number of nitrogens with zero attached hydrogens (tertiary/aromatic N) is 6. The topological polar surface area (TPSA) is 93.2 Å². The van der Waals surface area contributed by atoms with Crippen molar-refractivity contribution in [3.8, 4) is 16.9 Å². The summed E-state index contributed by atoms with van der Waals surface area (Å²) >= 11 is 6.04. The van der Waals surface area contributed by atoms with Gasteiger partial charge >= 0.3 is 0 Å². The normalized spacial score (nSPS) is 11.5. The van der Waals surface area contributed by atoms with E-state index in [9.17, 15) is 4.79 Å². The first-order valence-corrected chi connectivity index (χ1v) is 10.7. The van der Waals surface area contributed by atoms with Gasteiger partial charge in [0.05, 0.1) is 11.1 Å². The van der Waals surface area contributed by atoms with Gasteiger partial charge in [-0.3, -0.25) is 4.79 Å². The van der Waals surface area contributed by atoms with Gasteiger partial charge < -0.3 is 15.5 Å². The van der Waals surface area contributed by atoms with Gasteiger partial charge in [0.2, 0.25) is 5.91 Å². The van der Waals surface area contributed by atoms with E-state index in [0.717, 1.165) is 16.9 Å². The third kappa shape index (κ3) is 4.72. The van der Waals surface area contributed by atoms with Gasteiger partial charge in [0.25, 0.3) is 0 Å². The number of halogens is 1. The molecule has 2 N–H and O–H groups in total. The van der Waals surface area contributed by atoms with E-state index in [1.807, 2.05) is 61.5 Å². The Hall–Kier alpha value is -3.75. The molecule has 0 fully saturated rings. The summed E-state index contributed by atoms with van der Waals surface area (Å²) in [6, 6.07) is 14.9. The summed E-state index contributed by atoms with van der Waals surface area (Å²) in [6.07, 6.45) is 4.83. The Morgan fingerprint density at radius 2 is 1.76 bits per heavy atom. The molecule has 0 unspecified atom stereocenters. The summed E-state index contributed by atoms with van der Waals surface area (Å²) in [5.41, 5.74) is 9.86. The summed E-state index contributed by atoms with van der Waals surface area (Å²) in [4.78, 5) is 24.6. The number of nitrogens with two attached hydrogens (primary N) is 1. The van der Waals surface area contributed by atoms with E-state index < -0.39 is 0 Å². The lowest BCUT2D eigenvalue weighted by atomic mass is 10.1. The summed E-state index contributed by atoms with van der Waals surface area (Å²) in [5.74, 6) is 0.252. The van der Waals surface area contributed by atoms with Crippen molar-refractivity contribution in [2.45, 2.75) is 0 Å². The number of rotatable bonds is 6. The molecule has 4 rings (SSSR count). The number of carbonyl (C=O) groups is 1. The van der Waals surface area contributed by atoms with Crippen LogP contribution in [-0.2, 0) is 4.79 Å². The highest BCUT2D eigenvalue weighted by Crippen LogP contribution is 2.32. The van der Waals surface area contributed by atoms with E-state index in [4.69, 9.17) is 22.4 Å². The molecule has 2 heterocycles. The SMILES string of the molecule is CN(C)C/C=C/C(=O)N(C)c1ccc(-n2nc(-c3ccc(Cl)cc3)c3c(N)ncnc32)cc1. The number of nitrogen functional groups attached to an aromatic ring is 1. The summed E-state index contributed by atoms with van der Waals surface area (Å²) < 4.78 is 1.72. The largest absolute Gasteiger partial charge is 0.383 e. The molecule has 0 saturated carbocycles. The van der Waals surface area contributed by atoms with Gasteiger partial charge in [-0.05, 0) is 50.5 Å². The van der Waals surface area contributed by atoms with E-state index in [2.05, 4.69) is 9.97 Å². The third-order valence-corrected chi connectivity index (χ3v) is 5.41. The summed E-state index contributed by atoms with van der Waals surface area (Å²) in [5, 5.41) is 6.09. The average molecular weight is 462 g/mol. The Labute approximate surface area is 196 Å². The second kappa shape index (κ2) is 9.40. The van der Waals surface area contributed by atoms with E-state index in [1.54, 1.807) is 34.8 Å². The Kier molecular flexibility index (Phi) is 6.39. The quantitative estimate of drug-likeness (QED) is 0.439. The van der Waals surface area contributed by atoms with Crippen LogP contribution in [0, 0.1) is 0 Å². The van der Waals surface area contributed by atoms with Crippen LogP contribution in [-0.4, -0.2) is 58.2 Å². The number of likely N-dealkylation sites (N-methyl/N-ethyl adjacent to an activating group) is 2. The van der Waals surface area contributed by atoms with Crippen molar-refractivity contribution in [3.05, 3.63) is 72.0 Å². The van der Waals surface area contributed by atoms with Crippen LogP contribution >= 0.6 is 11.6 Å². The molecule has 9 heteroatoms. The fraction of sp³-hybridized carbons (Fsp3) is 0.167. The van der Waals surface area contributed by atoms with Gasteiger partial charge in [0, 0.05) is 35.9 Å². The Morgan fingerprint density at radius 1 is 1.06 bits per heavy atom. The fourth-order valence-electron chi connectivity index (χ4n) is 3.39. The minimum Gasteiger partial charge on any atom is -0.383 e. The van der Waals surface area contributed by atoms with Gasteiger partial charge in [0.15, 0.2) is 5.65 Å². The van der Waals surface area contributed by atoms with Crippen LogP contribution in [0.15, 0.2) is 67.0 Å². The highest BCUT2D eigenvalue weighted by Gasteiger charge is 2.18. The van der Waals surface area contributed by atoms with Gasteiger partial charge in [-0.15, -0.1) is 0 Å². The molecule has 33 heavy (non-hydrogen) atoms. The first kappa shape index (κ1) is 22.4. The molecule has 0 bridgehead atoms. The fourth-order valence-corrected chi connectivity index (χ4v) is 3.51. The number of amides is 1. The molecule has 1 amide bonds. The van der Waals surface area contributed by atoms with Crippen LogP contribution in [0.25, 0.3) is 28.0 Å². The van der Waals surface area contributed by atoms with Crippen LogP contribution in [0.2, 0.25) is 5.02 Å². The lowest BCUT2D eigenvalue weighted by molar-refractivity contribution is -0.113. The van der Waals surface area contributed by atoms with Crippen LogP contribution < -0.4 is 10.6 Å². The maximum Gasteiger partial charge on any atom is 0.250 e. The summed E-state index contributed by atoms with van der Waals surface area (Å²) in [6.45, 7) is 0.700. The third-order valence-electron chi connectivity index (χ3n) is 5.15. The van der Waals surface area contributed by atoms with Crippen molar-refractivity contribution in [1.82, 2.24) is 24.6 Å². The van der Waals surface area contributed by atoms with E-state index in [0.29, 0.717) is 34.1 Å². The lowest BCUT2D eigenvalue weighted by Crippen LogP contribution is -2.24. The number of benzene rings is 2.